The summed E-state index contributed by atoms with van der Waals surface area (Å²) in [7, 11) is 0. The first kappa shape index (κ1) is 10.9. The summed E-state index contributed by atoms with van der Waals surface area (Å²) in [5.41, 5.74) is 1.36. The normalized spacial score (nSPS) is 12.8. The maximum atomic E-state index is 5.74. The van der Waals surface area contributed by atoms with Crippen LogP contribution in [-0.4, -0.2) is 11.6 Å². The van der Waals surface area contributed by atoms with E-state index in [9.17, 15) is 0 Å². The molecule has 1 rings (SSSR count). The molecule has 0 bridgehead atoms. The summed E-state index contributed by atoms with van der Waals surface area (Å²) < 4.78 is 0. The van der Waals surface area contributed by atoms with Crippen LogP contribution in [0.5, 0.6) is 0 Å². The Morgan fingerprint density at radius 2 is 2.08 bits per heavy atom. The lowest BCUT2D eigenvalue weighted by Gasteiger charge is -2.08. The molecule has 1 aromatic rings. The van der Waals surface area contributed by atoms with Crippen LogP contribution in [0.15, 0.2) is 29.2 Å². The molecule has 0 aliphatic rings. The number of thioether (sulfide) groups is 1. The molecular weight excluding hydrogens is 200 g/mol. The van der Waals surface area contributed by atoms with Crippen LogP contribution in [0.1, 0.15) is 12.5 Å². The van der Waals surface area contributed by atoms with Crippen molar-refractivity contribution in [2.24, 2.45) is 5.92 Å². The van der Waals surface area contributed by atoms with Crippen LogP contribution >= 0.6 is 23.4 Å². The van der Waals surface area contributed by atoms with Gasteiger partial charge < -0.3 is 0 Å². The van der Waals surface area contributed by atoms with Crippen LogP contribution in [-0.2, 0) is 0 Å². The van der Waals surface area contributed by atoms with Crippen LogP contribution < -0.4 is 0 Å². The third kappa shape index (κ3) is 3.61. The summed E-state index contributed by atoms with van der Waals surface area (Å²) in [5.74, 6) is 2.44. The Bertz CT molecular complexity index is 260. The third-order valence-corrected chi connectivity index (χ3v) is 3.91. The number of aryl methyl sites for hydroxylation is 1. The van der Waals surface area contributed by atoms with Crippen molar-refractivity contribution in [1.29, 1.82) is 0 Å². The van der Waals surface area contributed by atoms with Crippen LogP contribution in [0.4, 0.5) is 0 Å². The highest BCUT2D eigenvalue weighted by Gasteiger charge is 2.02. The molecule has 0 unspecified atom stereocenters. The van der Waals surface area contributed by atoms with E-state index in [0.717, 1.165) is 11.6 Å². The largest absolute Gasteiger partial charge is 0.126 e. The summed E-state index contributed by atoms with van der Waals surface area (Å²) in [5, 5.41) is 0. The van der Waals surface area contributed by atoms with Crippen molar-refractivity contribution >= 4 is 23.4 Å². The molecule has 0 radical (unpaired) electrons. The average molecular weight is 215 g/mol. The van der Waals surface area contributed by atoms with Gasteiger partial charge in [0.2, 0.25) is 0 Å². The van der Waals surface area contributed by atoms with E-state index in [4.69, 9.17) is 11.6 Å². The standard InChI is InChI=1S/C11H15ClS/c1-9(7-12)8-13-11-6-4-3-5-10(11)2/h3-6,9H,7-8H2,1-2H3/t9-/m0/s1. The van der Waals surface area contributed by atoms with Gasteiger partial charge in [0.15, 0.2) is 0 Å². The molecule has 0 aromatic heterocycles. The highest BCUT2D eigenvalue weighted by Crippen LogP contribution is 2.24. The van der Waals surface area contributed by atoms with Gasteiger partial charge in [-0.3, -0.25) is 0 Å². The Labute approximate surface area is 89.7 Å². The summed E-state index contributed by atoms with van der Waals surface area (Å²) in [6.45, 7) is 4.33. The fourth-order valence-electron chi connectivity index (χ4n) is 0.995. The molecule has 0 amide bonds. The molecule has 0 fully saturated rings. The summed E-state index contributed by atoms with van der Waals surface area (Å²) in [6.07, 6.45) is 0. The number of alkyl halides is 1. The van der Waals surface area contributed by atoms with Crippen molar-refractivity contribution < 1.29 is 0 Å². The predicted octanol–water partition coefficient (Wildman–Crippen LogP) is 3.96. The zero-order valence-electron chi connectivity index (χ0n) is 8.09. The lowest BCUT2D eigenvalue weighted by atomic mass is 10.2. The number of rotatable bonds is 4. The second-order valence-electron chi connectivity index (χ2n) is 3.34. The lowest BCUT2D eigenvalue weighted by molar-refractivity contribution is 0.759. The molecule has 0 saturated heterocycles. The van der Waals surface area contributed by atoms with E-state index >= 15 is 0 Å². The van der Waals surface area contributed by atoms with Crippen molar-refractivity contribution in [3.63, 3.8) is 0 Å². The van der Waals surface area contributed by atoms with Gasteiger partial charge in [0, 0.05) is 16.5 Å². The molecule has 0 spiro atoms. The molecule has 0 heterocycles. The molecule has 13 heavy (non-hydrogen) atoms. The summed E-state index contributed by atoms with van der Waals surface area (Å²) in [4.78, 5) is 1.37. The SMILES string of the molecule is Cc1ccccc1SC[C@@H](C)CCl. The highest BCUT2D eigenvalue weighted by molar-refractivity contribution is 7.99. The predicted molar refractivity (Wildman–Crippen MR) is 61.8 cm³/mol. The van der Waals surface area contributed by atoms with Gasteiger partial charge in [-0.1, -0.05) is 25.1 Å². The number of hydrogen-bond donors (Lipinski definition) is 0. The van der Waals surface area contributed by atoms with Gasteiger partial charge in [0.25, 0.3) is 0 Å². The van der Waals surface area contributed by atoms with Crippen molar-refractivity contribution in [3.05, 3.63) is 29.8 Å². The quantitative estimate of drug-likeness (QED) is 0.540. The van der Waals surface area contributed by atoms with Crippen molar-refractivity contribution in [1.82, 2.24) is 0 Å². The van der Waals surface area contributed by atoms with E-state index in [1.807, 2.05) is 11.8 Å². The maximum Gasteiger partial charge on any atom is 0.0257 e. The van der Waals surface area contributed by atoms with E-state index in [-0.39, 0.29) is 0 Å². The Morgan fingerprint density at radius 3 is 2.69 bits per heavy atom. The van der Waals surface area contributed by atoms with Gasteiger partial charge in [-0.15, -0.1) is 23.4 Å². The van der Waals surface area contributed by atoms with Crippen molar-refractivity contribution in [2.75, 3.05) is 11.6 Å². The second kappa shape index (κ2) is 5.56. The molecule has 0 aliphatic heterocycles. The Morgan fingerprint density at radius 1 is 1.38 bits per heavy atom. The van der Waals surface area contributed by atoms with Gasteiger partial charge in [0.1, 0.15) is 0 Å². The Kier molecular flexibility index (Phi) is 4.68. The number of benzene rings is 1. The first-order valence-corrected chi connectivity index (χ1v) is 6.00. The van der Waals surface area contributed by atoms with E-state index in [1.54, 1.807) is 0 Å². The van der Waals surface area contributed by atoms with Gasteiger partial charge in [-0.25, -0.2) is 0 Å². The Balaban J connectivity index is 2.50. The zero-order chi connectivity index (χ0) is 9.68. The van der Waals surface area contributed by atoms with Crippen molar-refractivity contribution in [2.45, 2.75) is 18.7 Å². The van der Waals surface area contributed by atoms with Gasteiger partial charge >= 0.3 is 0 Å². The van der Waals surface area contributed by atoms with Crippen LogP contribution in [0.25, 0.3) is 0 Å². The molecule has 2 heteroatoms. The second-order valence-corrected chi connectivity index (χ2v) is 4.71. The van der Waals surface area contributed by atoms with Crippen molar-refractivity contribution in [3.8, 4) is 0 Å². The molecule has 72 valence electrons. The zero-order valence-corrected chi connectivity index (χ0v) is 9.66. The van der Waals surface area contributed by atoms with E-state index in [2.05, 4.69) is 38.1 Å². The van der Waals surface area contributed by atoms with Gasteiger partial charge in [-0.2, -0.15) is 0 Å². The molecule has 1 atom stereocenters. The summed E-state index contributed by atoms with van der Waals surface area (Å²) >= 11 is 7.64. The van der Waals surface area contributed by atoms with Crippen LogP contribution in [0, 0.1) is 12.8 Å². The van der Waals surface area contributed by atoms with Gasteiger partial charge in [0.05, 0.1) is 0 Å². The van der Waals surface area contributed by atoms with Crippen LogP contribution in [0.2, 0.25) is 0 Å². The molecule has 0 nitrogen and oxygen atoms in total. The minimum Gasteiger partial charge on any atom is -0.126 e. The fourth-order valence-corrected chi connectivity index (χ4v) is 2.29. The first-order chi connectivity index (χ1) is 6.24. The number of halogens is 1. The topological polar surface area (TPSA) is 0 Å². The Hall–Kier alpha value is -0.140. The van der Waals surface area contributed by atoms with E-state index < -0.39 is 0 Å². The molecule has 0 aliphatic carbocycles. The maximum absolute atomic E-state index is 5.74. The van der Waals surface area contributed by atoms with E-state index in [0.29, 0.717) is 5.92 Å². The molecule has 0 N–H and O–H groups in total. The smallest absolute Gasteiger partial charge is 0.0257 e. The number of hydrogen-bond acceptors (Lipinski definition) is 1. The van der Waals surface area contributed by atoms with Crippen LogP contribution in [0.3, 0.4) is 0 Å². The lowest BCUT2D eigenvalue weighted by Crippen LogP contribution is -1.99. The first-order valence-electron chi connectivity index (χ1n) is 4.48. The molecule has 1 aromatic carbocycles. The summed E-state index contributed by atoms with van der Waals surface area (Å²) in [6, 6.07) is 8.47. The minimum absolute atomic E-state index is 0.589. The fraction of sp³-hybridized carbons (Fsp3) is 0.455. The molecule has 0 saturated carbocycles. The minimum atomic E-state index is 0.589. The molecular formula is C11H15ClS. The van der Waals surface area contributed by atoms with E-state index in [1.165, 1.54) is 10.5 Å². The average Bonchev–Trinajstić information content (AvgIpc) is 2.16. The van der Waals surface area contributed by atoms with Gasteiger partial charge in [-0.05, 0) is 24.5 Å². The highest BCUT2D eigenvalue weighted by atomic mass is 35.5. The third-order valence-electron chi connectivity index (χ3n) is 1.88. The monoisotopic (exact) mass is 214 g/mol.